The van der Waals surface area contributed by atoms with Crippen molar-refractivity contribution >= 4 is 11.6 Å². The minimum atomic E-state index is -4.34. The Morgan fingerprint density at radius 2 is 1.75 bits per heavy atom. The van der Waals surface area contributed by atoms with E-state index in [1.165, 1.54) is 6.07 Å². The third-order valence-corrected chi connectivity index (χ3v) is 3.64. The summed E-state index contributed by atoms with van der Waals surface area (Å²) in [6.07, 6.45) is -3.83. The third kappa shape index (κ3) is 3.54. The van der Waals surface area contributed by atoms with Crippen LogP contribution in [0.2, 0.25) is 0 Å². The lowest BCUT2D eigenvalue weighted by atomic mass is 9.99. The molecule has 4 heteroatoms. The molecule has 2 aromatic rings. The van der Waals surface area contributed by atoms with Crippen LogP contribution in [0, 0.1) is 6.92 Å². The largest absolute Gasteiger partial charge is 0.416 e. The summed E-state index contributed by atoms with van der Waals surface area (Å²) in [5.74, 6) is 0. The number of hydrogen-bond acceptors (Lipinski definition) is 0. The van der Waals surface area contributed by atoms with E-state index in [9.17, 15) is 13.2 Å². The van der Waals surface area contributed by atoms with Gasteiger partial charge in [-0.05, 0) is 36.1 Å². The molecule has 0 aliphatic carbocycles. The molecule has 0 aromatic heterocycles. The number of alkyl halides is 4. The Morgan fingerprint density at radius 1 is 1.05 bits per heavy atom. The smallest absolute Gasteiger partial charge is 0.166 e. The maximum Gasteiger partial charge on any atom is 0.416 e. The molecule has 0 fully saturated rings. The molecule has 1 unspecified atom stereocenters. The molecule has 1 atom stereocenters. The van der Waals surface area contributed by atoms with Crippen molar-refractivity contribution in [3.05, 3.63) is 70.8 Å². The van der Waals surface area contributed by atoms with Crippen LogP contribution in [0.15, 0.2) is 48.5 Å². The first-order valence-corrected chi connectivity index (χ1v) is 6.67. The minimum absolute atomic E-state index is 0.474. The Labute approximate surface area is 121 Å². The number of rotatable bonds is 3. The lowest BCUT2D eigenvalue weighted by Gasteiger charge is -2.14. The molecule has 0 radical (unpaired) electrons. The van der Waals surface area contributed by atoms with E-state index < -0.39 is 17.1 Å². The Hall–Kier alpha value is -1.48. The molecular weight excluding hydrogens is 285 g/mol. The normalized spacial score (nSPS) is 13.2. The highest BCUT2D eigenvalue weighted by Gasteiger charge is 2.30. The first kappa shape index (κ1) is 14.9. The zero-order valence-electron chi connectivity index (χ0n) is 10.9. The summed E-state index contributed by atoms with van der Waals surface area (Å²) >= 11 is 6.27. The molecule has 0 saturated carbocycles. The van der Waals surface area contributed by atoms with Gasteiger partial charge in [-0.15, -0.1) is 11.6 Å². The SMILES string of the molecule is Cc1ccccc1CC(Cl)c1cccc(C(F)(F)F)c1. The van der Waals surface area contributed by atoms with Gasteiger partial charge < -0.3 is 0 Å². The van der Waals surface area contributed by atoms with Crippen LogP contribution in [-0.2, 0) is 12.6 Å². The van der Waals surface area contributed by atoms with Crippen LogP contribution < -0.4 is 0 Å². The fourth-order valence-corrected chi connectivity index (χ4v) is 2.36. The predicted molar refractivity (Wildman–Crippen MR) is 74.9 cm³/mol. The molecular formula is C16H14ClF3. The van der Waals surface area contributed by atoms with E-state index in [2.05, 4.69) is 0 Å². The molecule has 2 rings (SSSR count). The summed E-state index contributed by atoms with van der Waals surface area (Å²) in [6, 6.07) is 12.9. The molecule has 2 aromatic carbocycles. The van der Waals surface area contributed by atoms with Gasteiger partial charge in [0.1, 0.15) is 0 Å². The van der Waals surface area contributed by atoms with Gasteiger partial charge in [0.2, 0.25) is 0 Å². The van der Waals surface area contributed by atoms with Crippen LogP contribution in [0.4, 0.5) is 13.2 Å². The highest BCUT2D eigenvalue weighted by molar-refractivity contribution is 6.20. The summed E-state index contributed by atoms with van der Waals surface area (Å²) in [5, 5.41) is -0.474. The van der Waals surface area contributed by atoms with Gasteiger partial charge in [-0.2, -0.15) is 13.2 Å². The van der Waals surface area contributed by atoms with Crippen molar-refractivity contribution in [1.82, 2.24) is 0 Å². The van der Waals surface area contributed by atoms with Gasteiger partial charge >= 0.3 is 6.18 Å². The average Bonchev–Trinajstić information content (AvgIpc) is 2.40. The van der Waals surface area contributed by atoms with Crippen LogP contribution >= 0.6 is 11.6 Å². The van der Waals surface area contributed by atoms with Crippen molar-refractivity contribution in [2.45, 2.75) is 24.9 Å². The monoisotopic (exact) mass is 298 g/mol. The van der Waals surface area contributed by atoms with E-state index >= 15 is 0 Å². The molecule has 0 N–H and O–H groups in total. The van der Waals surface area contributed by atoms with Crippen LogP contribution in [0.5, 0.6) is 0 Å². The molecule has 0 amide bonds. The fraction of sp³-hybridized carbons (Fsp3) is 0.250. The van der Waals surface area contributed by atoms with Crippen molar-refractivity contribution in [2.24, 2.45) is 0 Å². The van der Waals surface area contributed by atoms with E-state index in [0.717, 1.165) is 23.3 Å². The van der Waals surface area contributed by atoms with Gasteiger partial charge in [0.05, 0.1) is 10.9 Å². The second-order valence-electron chi connectivity index (χ2n) is 4.72. The summed E-state index contributed by atoms with van der Waals surface area (Å²) in [5.41, 5.74) is 1.96. The first-order valence-electron chi connectivity index (χ1n) is 6.23. The Bertz CT molecular complexity index is 590. The lowest BCUT2D eigenvalue weighted by molar-refractivity contribution is -0.137. The Kier molecular flexibility index (Phi) is 4.39. The summed E-state index contributed by atoms with van der Waals surface area (Å²) < 4.78 is 38.0. The minimum Gasteiger partial charge on any atom is -0.166 e. The van der Waals surface area contributed by atoms with Crippen molar-refractivity contribution in [3.8, 4) is 0 Å². The fourth-order valence-electron chi connectivity index (χ4n) is 2.06. The predicted octanol–water partition coefficient (Wildman–Crippen LogP) is 5.54. The summed E-state index contributed by atoms with van der Waals surface area (Å²) in [6.45, 7) is 1.96. The molecule has 0 heterocycles. The second kappa shape index (κ2) is 5.88. The molecule has 0 saturated heterocycles. The number of hydrogen-bond donors (Lipinski definition) is 0. The van der Waals surface area contributed by atoms with Gasteiger partial charge in [0, 0.05) is 0 Å². The summed E-state index contributed by atoms with van der Waals surface area (Å²) in [7, 11) is 0. The van der Waals surface area contributed by atoms with E-state index in [1.807, 2.05) is 31.2 Å². The van der Waals surface area contributed by atoms with Crippen molar-refractivity contribution in [3.63, 3.8) is 0 Å². The first-order chi connectivity index (χ1) is 9.38. The second-order valence-corrected chi connectivity index (χ2v) is 5.25. The quantitative estimate of drug-likeness (QED) is 0.653. The Balaban J connectivity index is 2.22. The molecule has 0 spiro atoms. The van der Waals surface area contributed by atoms with Crippen LogP contribution in [-0.4, -0.2) is 0 Å². The number of aryl methyl sites for hydroxylation is 1. The van der Waals surface area contributed by atoms with E-state index in [0.29, 0.717) is 12.0 Å². The lowest BCUT2D eigenvalue weighted by Crippen LogP contribution is -2.06. The molecule has 106 valence electrons. The van der Waals surface area contributed by atoms with E-state index in [4.69, 9.17) is 11.6 Å². The van der Waals surface area contributed by atoms with Crippen LogP contribution in [0.3, 0.4) is 0 Å². The zero-order valence-corrected chi connectivity index (χ0v) is 11.7. The van der Waals surface area contributed by atoms with Crippen molar-refractivity contribution in [1.29, 1.82) is 0 Å². The van der Waals surface area contributed by atoms with Crippen molar-refractivity contribution < 1.29 is 13.2 Å². The van der Waals surface area contributed by atoms with Gasteiger partial charge in [-0.1, -0.05) is 42.5 Å². The maximum absolute atomic E-state index is 12.7. The highest BCUT2D eigenvalue weighted by Crippen LogP contribution is 2.33. The van der Waals surface area contributed by atoms with E-state index in [-0.39, 0.29) is 0 Å². The van der Waals surface area contributed by atoms with Crippen molar-refractivity contribution in [2.75, 3.05) is 0 Å². The molecule has 0 bridgehead atoms. The topological polar surface area (TPSA) is 0 Å². The number of benzene rings is 2. The Morgan fingerprint density at radius 3 is 2.40 bits per heavy atom. The molecule has 0 aliphatic heterocycles. The van der Waals surface area contributed by atoms with Gasteiger partial charge in [0.25, 0.3) is 0 Å². The van der Waals surface area contributed by atoms with Crippen LogP contribution in [0.1, 0.15) is 27.6 Å². The summed E-state index contributed by atoms with van der Waals surface area (Å²) in [4.78, 5) is 0. The number of halogens is 4. The molecule has 20 heavy (non-hydrogen) atoms. The van der Waals surface area contributed by atoms with Gasteiger partial charge in [0.15, 0.2) is 0 Å². The highest BCUT2D eigenvalue weighted by atomic mass is 35.5. The van der Waals surface area contributed by atoms with Gasteiger partial charge in [-0.3, -0.25) is 0 Å². The van der Waals surface area contributed by atoms with Crippen LogP contribution in [0.25, 0.3) is 0 Å². The average molecular weight is 299 g/mol. The molecule has 0 nitrogen and oxygen atoms in total. The standard InChI is InChI=1S/C16H14ClF3/c1-11-5-2-3-6-12(11)10-15(17)13-7-4-8-14(9-13)16(18,19)20/h2-9,15H,10H2,1H3. The molecule has 0 aliphatic rings. The van der Waals surface area contributed by atoms with Gasteiger partial charge in [-0.25, -0.2) is 0 Å². The maximum atomic E-state index is 12.7. The zero-order chi connectivity index (χ0) is 14.8. The third-order valence-electron chi connectivity index (χ3n) is 3.24. The van der Waals surface area contributed by atoms with E-state index in [1.54, 1.807) is 6.07 Å².